The summed E-state index contributed by atoms with van der Waals surface area (Å²) in [6, 6.07) is -1.56. The normalized spacial score (nSPS) is 16.2. The Hall–Kier alpha value is -2.87. The van der Waals surface area contributed by atoms with Crippen LogP contribution in [0.3, 0.4) is 0 Å². The number of carbonyl (C=O) groups is 4. The number of nitrogens with zero attached hydrogens (tertiary/aromatic N) is 2. The number of nitrogens with one attached hydrogen (secondary N) is 1. The maximum absolute atomic E-state index is 13.3. The van der Waals surface area contributed by atoms with Crippen LogP contribution in [0, 0.1) is 5.92 Å². The third-order valence-corrected chi connectivity index (χ3v) is 4.96. The van der Waals surface area contributed by atoms with Crippen LogP contribution in [0.4, 0.5) is 0 Å². The second kappa shape index (κ2) is 14.2. The van der Waals surface area contributed by atoms with Gasteiger partial charge in [0.25, 0.3) is 0 Å². The maximum atomic E-state index is 13.3. The smallest absolute Gasteiger partial charge is 0.240 e. The van der Waals surface area contributed by atoms with Gasteiger partial charge in [0.1, 0.15) is 6.04 Å². The van der Waals surface area contributed by atoms with E-state index >= 15 is 0 Å². The Kier molecular flexibility index (Phi) is 12.9. The van der Waals surface area contributed by atoms with Crippen LogP contribution in [-0.4, -0.2) is 66.7 Å². The first-order chi connectivity index (χ1) is 14.6. The molecule has 0 saturated heterocycles. The average Bonchev–Trinajstić information content (AvgIpc) is 2.73. The Morgan fingerprint density at radius 2 is 1.71 bits per heavy atom. The first-order valence-corrected chi connectivity index (χ1v) is 10.3. The summed E-state index contributed by atoms with van der Waals surface area (Å²) in [6.07, 6.45) is 12.6. The molecule has 0 bridgehead atoms. The second-order valence-electron chi connectivity index (χ2n) is 7.65. The summed E-state index contributed by atoms with van der Waals surface area (Å²) >= 11 is 0. The van der Waals surface area contributed by atoms with Gasteiger partial charge in [0.15, 0.2) is 17.6 Å². The lowest BCUT2D eigenvalue weighted by Gasteiger charge is -2.37. The molecule has 0 spiro atoms. The van der Waals surface area contributed by atoms with E-state index in [2.05, 4.69) is 10.3 Å². The van der Waals surface area contributed by atoms with Crippen molar-refractivity contribution in [3.8, 4) is 0 Å². The molecule has 0 aromatic heterocycles. The fraction of sp³-hybridized carbons (Fsp3) is 0.522. The number of primary amides is 1. The standard InChI is InChI=1S/C23H36N4O4/c1-7-8-9-10-11-12-15-26-18(13-14-19(24)29)21(30)23(4,16-28)27(6)22(31)20(25-5)17(2)3/h7-12,15-18,20,25H,13-14H2,1-6H3,(H2,24,29)/b8-7+,10-9+,12-11+,26-15?/t18-,20-,23-/m0/s1. The predicted molar refractivity (Wildman–Crippen MR) is 124 cm³/mol. The Morgan fingerprint density at radius 1 is 1.13 bits per heavy atom. The molecular weight excluding hydrogens is 396 g/mol. The lowest BCUT2D eigenvalue weighted by molar-refractivity contribution is -0.149. The number of likely N-dealkylation sites (N-methyl/N-ethyl adjacent to an activating group) is 2. The van der Waals surface area contributed by atoms with Gasteiger partial charge in [0.2, 0.25) is 11.8 Å². The molecule has 0 aliphatic rings. The molecule has 8 heteroatoms. The van der Waals surface area contributed by atoms with E-state index < -0.39 is 29.3 Å². The zero-order chi connectivity index (χ0) is 24.0. The van der Waals surface area contributed by atoms with Crippen molar-refractivity contribution in [3.63, 3.8) is 0 Å². The summed E-state index contributed by atoms with van der Waals surface area (Å²) in [6.45, 7) is 7.01. The summed E-state index contributed by atoms with van der Waals surface area (Å²) in [5, 5.41) is 2.92. The zero-order valence-electron chi connectivity index (χ0n) is 19.4. The van der Waals surface area contributed by atoms with Crippen LogP contribution < -0.4 is 11.1 Å². The number of rotatable bonds is 14. The third kappa shape index (κ3) is 8.80. The molecule has 3 N–H and O–H groups in total. The van der Waals surface area contributed by atoms with Crippen LogP contribution >= 0.6 is 0 Å². The van der Waals surface area contributed by atoms with E-state index in [0.717, 1.165) is 4.90 Å². The van der Waals surface area contributed by atoms with Gasteiger partial charge in [-0.1, -0.05) is 44.2 Å². The highest BCUT2D eigenvalue weighted by Gasteiger charge is 2.44. The van der Waals surface area contributed by atoms with Gasteiger partial charge in [-0.3, -0.25) is 19.4 Å². The van der Waals surface area contributed by atoms with Crippen molar-refractivity contribution in [2.24, 2.45) is 16.6 Å². The number of nitrogens with two attached hydrogens (primary N) is 1. The Balaban J connectivity index is 5.79. The predicted octanol–water partition coefficient (Wildman–Crippen LogP) is 1.61. The van der Waals surface area contributed by atoms with E-state index in [4.69, 9.17) is 5.73 Å². The van der Waals surface area contributed by atoms with E-state index in [9.17, 15) is 19.2 Å². The Bertz CT molecular complexity index is 740. The molecule has 172 valence electrons. The van der Waals surface area contributed by atoms with E-state index in [0.29, 0.717) is 6.29 Å². The summed E-state index contributed by atoms with van der Waals surface area (Å²) in [7, 11) is 3.07. The number of hydrogen-bond acceptors (Lipinski definition) is 6. The average molecular weight is 433 g/mol. The van der Waals surface area contributed by atoms with Crippen LogP contribution in [0.5, 0.6) is 0 Å². The fourth-order valence-electron chi connectivity index (χ4n) is 2.88. The van der Waals surface area contributed by atoms with E-state index in [1.165, 1.54) is 20.2 Å². The number of amides is 2. The van der Waals surface area contributed by atoms with Gasteiger partial charge < -0.3 is 20.7 Å². The van der Waals surface area contributed by atoms with Crippen molar-refractivity contribution in [2.75, 3.05) is 14.1 Å². The number of carbonyl (C=O) groups excluding carboxylic acids is 4. The molecule has 0 heterocycles. The number of Topliss-reactive ketones (excluding diaryl/α,β-unsaturated/α-hetero) is 1. The van der Waals surface area contributed by atoms with Gasteiger partial charge >= 0.3 is 0 Å². The van der Waals surface area contributed by atoms with Crippen LogP contribution in [0.1, 0.15) is 40.5 Å². The molecule has 0 aliphatic carbocycles. The SMILES string of the molecule is C/C=C/C=C/C=C/C=N[C@@H](CCC(N)=O)C(=O)[C@](C)(C=O)N(C)C(=O)[C@@H](NC)C(C)C. The molecule has 0 aromatic rings. The van der Waals surface area contributed by atoms with Gasteiger partial charge in [0.05, 0.1) is 6.04 Å². The molecule has 3 atom stereocenters. The minimum Gasteiger partial charge on any atom is -0.370 e. The summed E-state index contributed by atoms with van der Waals surface area (Å²) < 4.78 is 0. The molecule has 0 saturated carbocycles. The highest BCUT2D eigenvalue weighted by molar-refractivity contribution is 6.08. The van der Waals surface area contributed by atoms with Crippen molar-refractivity contribution in [2.45, 2.75) is 58.2 Å². The molecule has 0 rings (SSSR count). The van der Waals surface area contributed by atoms with Gasteiger partial charge in [-0.2, -0.15) is 0 Å². The summed E-state index contributed by atoms with van der Waals surface area (Å²) in [4.78, 5) is 54.8. The second-order valence-corrected chi connectivity index (χ2v) is 7.65. The van der Waals surface area contributed by atoms with Gasteiger partial charge in [-0.05, 0) is 39.3 Å². The molecule has 0 fully saturated rings. The van der Waals surface area contributed by atoms with Crippen LogP contribution in [0.15, 0.2) is 41.4 Å². The van der Waals surface area contributed by atoms with Crippen LogP contribution in [-0.2, 0) is 19.2 Å². The van der Waals surface area contributed by atoms with Crippen molar-refractivity contribution in [1.29, 1.82) is 0 Å². The molecule has 0 unspecified atom stereocenters. The quantitative estimate of drug-likeness (QED) is 0.187. The zero-order valence-corrected chi connectivity index (χ0v) is 19.4. The minimum atomic E-state index is -1.74. The van der Waals surface area contributed by atoms with Crippen molar-refractivity contribution >= 4 is 30.1 Å². The first kappa shape index (κ1) is 28.1. The van der Waals surface area contributed by atoms with Crippen LogP contribution in [0.2, 0.25) is 0 Å². The molecule has 0 aromatic carbocycles. The van der Waals surface area contributed by atoms with Gasteiger partial charge in [0, 0.05) is 19.7 Å². The number of aliphatic imine (C=N–C) groups is 1. The number of allylic oxidation sites excluding steroid dienone is 6. The van der Waals surface area contributed by atoms with Crippen molar-refractivity contribution in [3.05, 3.63) is 36.5 Å². The molecule has 31 heavy (non-hydrogen) atoms. The lowest BCUT2D eigenvalue weighted by Crippen LogP contribution is -2.61. The first-order valence-electron chi connectivity index (χ1n) is 10.3. The lowest BCUT2D eigenvalue weighted by atomic mass is 9.88. The molecular formula is C23H36N4O4. The third-order valence-electron chi connectivity index (χ3n) is 4.96. The van der Waals surface area contributed by atoms with Crippen molar-refractivity contribution in [1.82, 2.24) is 10.2 Å². The summed E-state index contributed by atoms with van der Waals surface area (Å²) in [5.74, 6) is -1.58. The van der Waals surface area contributed by atoms with Crippen molar-refractivity contribution < 1.29 is 19.2 Å². The topological polar surface area (TPSA) is 122 Å². The molecule has 2 amide bonds. The maximum Gasteiger partial charge on any atom is 0.240 e. The minimum absolute atomic E-state index is 0.0397. The van der Waals surface area contributed by atoms with Crippen LogP contribution in [0.25, 0.3) is 0 Å². The highest BCUT2D eigenvalue weighted by atomic mass is 16.2. The fourth-order valence-corrected chi connectivity index (χ4v) is 2.88. The summed E-state index contributed by atoms with van der Waals surface area (Å²) in [5.41, 5.74) is 3.49. The monoisotopic (exact) mass is 432 g/mol. The number of ketones is 1. The number of hydrogen-bond donors (Lipinski definition) is 2. The molecule has 0 aliphatic heterocycles. The Morgan fingerprint density at radius 3 is 2.19 bits per heavy atom. The highest BCUT2D eigenvalue weighted by Crippen LogP contribution is 2.21. The van der Waals surface area contributed by atoms with E-state index in [1.54, 1.807) is 25.3 Å². The molecule has 0 radical (unpaired) electrons. The van der Waals surface area contributed by atoms with Gasteiger partial charge in [-0.25, -0.2) is 0 Å². The van der Waals surface area contributed by atoms with E-state index in [1.807, 2.05) is 39.0 Å². The van der Waals surface area contributed by atoms with E-state index in [-0.39, 0.29) is 24.7 Å². The number of aldehydes is 1. The largest absolute Gasteiger partial charge is 0.370 e. The van der Waals surface area contributed by atoms with Gasteiger partial charge in [-0.15, -0.1) is 0 Å². The molecule has 8 nitrogen and oxygen atoms in total. The Labute approximate surface area is 185 Å².